The minimum atomic E-state index is 0.613. The lowest BCUT2D eigenvalue weighted by Crippen LogP contribution is -1.98. The van der Waals surface area contributed by atoms with Gasteiger partial charge in [0, 0.05) is 24.3 Å². The first-order valence-electron chi connectivity index (χ1n) is 13.1. The largest absolute Gasteiger partial charge is 0.367 e. The highest BCUT2D eigenvalue weighted by molar-refractivity contribution is 5.36. The zero-order valence-electron chi connectivity index (χ0n) is 23.6. The first kappa shape index (κ1) is 29.1. The maximum atomic E-state index is 3.29. The summed E-state index contributed by atoms with van der Waals surface area (Å²) in [7, 11) is 0. The van der Waals surface area contributed by atoms with Crippen molar-refractivity contribution in [2.75, 3.05) is 0 Å². The average Bonchev–Trinajstić information content (AvgIpc) is 3.48. The van der Waals surface area contributed by atoms with Gasteiger partial charge in [0.2, 0.25) is 0 Å². The van der Waals surface area contributed by atoms with Crippen molar-refractivity contribution in [3.8, 4) is 0 Å². The van der Waals surface area contributed by atoms with Crippen LogP contribution in [0.1, 0.15) is 136 Å². The molecule has 0 atom stereocenters. The van der Waals surface area contributed by atoms with Gasteiger partial charge in [-0.3, -0.25) is 0 Å². The van der Waals surface area contributed by atoms with E-state index < -0.39 is 0 Å². The molecular weight excluding hydrogens is 400 g/mol. The molecule has 0 bridgehead atoms. The van der Waals surface area contributed by atoms with Gasteiger partial charge < -0.3 is 9.97 Å². The summed E-state index contributed by atoms with van der Waals surface area (Å²) < 4.78 is 0. The quantitative estimate of drug-likeness (QED) is 0.437. The lowest BCUT2D eigenvalue weighted by Gasteiger charge is -2.13. The van der Waals surface area contributed by atoms with Crippen LogP contribution in [0, 0.1) is 11.8 Å². The molecule has 2 N–H and O–H groups in total. The lowest BCUT2D eigenvalue weighted by atomic mass is 9.93. The van der Waals surface area contributed by atoms with E-state index in [4.69, 9.17) is 0 Å². The molecule has 0 aliphatic heterocycles. The standard InChI is InChI=1S/C11H18.2C10H17N/c1-8(2)10-6-5-7-11(10)9(3)4;1-7(2)9-5-11-6-10(9)8(3)4;1-7(2)9-5-6-11-10(9)8(3)4/h5-6,8-9H,7H2,1-4H3;2*5-8,11H,1-4H3. The highest BCUT2D eigenvalue weighted by atomic mass is 14.7. The van der Waals surface area contributed by atoms with Crippen LogP contribution in [0.25, 0.3) is 0 Å². The Labute approximate surface area is 205 Å². The van der Waals surface area contributed by atoms with E-state index in [1.54, 1.807) is 11.1 Å². The number of nitrogens with one attached hydrogen (secondary N) is 2. The van der Waals surface area contributed by atoms with Gasteiger partial charge in [-0.25, -0.2) is 0 Å². The van der Waals surface area contributed by atoms with Gasteiger partial charge in [0.05, 0.1) is 0 Å². The third-order valence-corrected chi connectivity index (χ3v) is 6.39. The van der Waals surface area contributed by atoms with Crippen LogP contribution in [0.15, 0.2) is 48.0 Å². The number of H-pyrrole nitrogens is 2. The highest BCUT2D eigenvalue weighted by Gasteiger charge is 2.14. The maximum Gasteiger partial charge on any atom is 0.0208 e. The number of hydrogen-bond donors (Lipinski definition) is 2. The molecule has 0 saturated heterocycles. The summed E-state index contributed by atoms with van der Waals surface area (Å²) >= 11 is 0. The van der Waals surface area contributed by atoms with Gasteiger partial charge in [-0.15, -0.1) is 0 Å². The zero-order chi connectivity index (χ0) is 25.3. The predicted molar refractivity (Wildman–Crippen MR) is 148 cm³/mol. The Kier molecular flexibility index (Phi) is 12.0. The molecule has 0 amide bonds. The van der Waals surface area contributed by atoms with Gasteiger partial charge in [0.1, 0.15) is 0 Å². The minimum Gasteiger partial charge on any atom is -0.367 e. The van der Waals surface area contributed by atoms with Gasteiger partial charge in [-0.05, 0) is 70.3 Å². The second-order valence-electron chi connectivity index (χ2n) is 11.2. The zero-order valence-corrected chi connectivity index (χ0v) is 23.6. The third-order valence-electron chi connectivity index (χ3n) is 6.39. The average molecular weight is 453 g/mol. The van der Waals surface area contributed by atoms with Crippen LogP contribution in [0.2, 0.25) is 0 Å². The number of aromatic amines is 2. The Balaban J connectivity index is 0.000000247. The van der Waals surface area contributed by atoms with Crippen LogP contribution < -0.4 is 0 Å². The van der Waals surface area contributed by atoms with Crippen LogP contribution in [-0.4, -0.2) is 9.97 Å². The van der Waals surface area contributed by atoms with Crippen molar-refractivity contribution in [1.82, 2.24) is 9.97 Å². The van der Waals surface area contributed by atoms with Crippen LogP contribution in [-0.2, 0) is 0 Å². The molecule has 2 heterocycles. The molecule has 0 radical (unpaired) electrons. The van der Waals surface area contributed by atoms with E-state index in [0.29, 0.717) is 29.6 Å². The topological polar surface area (TPSA) is 31.6 Å². The smallest absolute Gasteiger partial charge is 0.0208 e. The first-order valence-corrected chi connectivity index (χ1v) is 13.1. The van der Waals surface area contributed by atoms with Crippen molar-refractivity contribution in [2.45, 2.75) is 113 Å². The Morgan fingerprint density at radius 1 is 0.606 bits per heavy atom. The summed E-state index contributed by atoms with van der Waals surface area (Å²) in [6.45, 7) is 26.9. The van der Waals surface area contributed by atoms with Crippen LogP contribution in [0.4, 0.5) is 0 Å². The fourth-order valence-electron chi connectivity index (χ4n) is 4.46. The molecule has 0 aromatic carbocycles. The maximum absolute atomic E-state index is 3.29. The van der Waals surface area contributed by atoms with Crippen LogP contribution in [0.5, 0.6) is 0 Å². The number of allylic oxidation sites excluding steroid dienone is 4. The molecule has 0 fully saturated rings. The first-order chi connectivity index (χ1) is 15.4. The minimum absolute atomic E-state index is 0.613. The fourth-order valence-corrected chi connectivity index (χ4v) is 4.46. The van der Waals surface area contributed by atoms with Crippen LogP contribution >= 0.6 is 0 Å². The molecule has 0 saturated carbocycles. The molecule has 2 heteroatoms. The normalized spacial score (nSPS) is 13.5. The Bertz CT molecular complexity index is 771. The molecule has 0 spiro atoms. The van der Waals surface area contributed by atoms with Crippen molar-refractivity contribution in [2.24, 2.45) is 11.8 Å². The van der Waals surface area contributed by atoms with Gasteiger partial charge in [0.15, 0.2) is 0 Å². The molecule has 2 aromatic heterocycles. The van der Waals surface area contributed by atoms with E-state index in [-0.39, 0.29) is 0 Å². The van der Waals surface area contributed by atoms with Gasteiger partial charge in [0.25, 0.3) is 0 Å². The molecule has 2 nitrogen and oxygen atoms in total. The Morgan fingerprint density at radius 2 is 1.12 bits per heavy atom. The SMILES string of the molecule is CC(C)C1=C(C(C)C)CC=C1.CC(C)c1c[nH]cc1C(C)C.CC(C)c1cc[nH]c1C(C)C. The third kappa shape index (κ3) is 8.72. The summed E-state index contributed by atoms with van der Waals surface area (Å²) in [4.78, 5) is 6.45. The molecule has 1 aliphatic carbocycles. The van der Waals surface area contributed by atoms with Crippen molar-refractivity contribution in [1.29, 1.82) is 0 Å². The molecular formula is C31H52N2. The van der Waals surface area contributed by atoms with Gasteiger partial charge >= 0.3 is 0 Å². The van der Waals surface area contributed by atoms with Gasteiger partial charge in [-0.1, -0.05) is 101 Å². The fraction of sp³-hybridized carbons (Fsp3) is 0.613. The predicted octanol–water partition coefficient (Wildman–Crippen LogP) is 10.1. The molecule has 1 aliphatic rings. The summed E-state index contributed by atoms with van der Waals surface area (Å²) in [5.74, 6) is 3.95. The van der Waals surface area contributed by atoms with E-state index in [0.717, 1.165) is 5.92 Å². The monoisotopic (exact) mass is 452 g/mol. The van der Waals surface area contributed by atoms with E-state index >= 15 is 0 Å². The Hall–Kier alpha value is -1.96. The molecule has 33 heavy (non-hydrogen) atoms. The van der Waals surface area contributed by atoms with Crippen molar-refractivity contribution < 1.29 is 0 Å². The summed E-state index contributed by atoms with van der Waals surface area (Å²) in [5, 5.41) is 0. The summed E-state index contributed by atoms with van der Waals surface area (Å²) in [5.41, 5.74) is 8.97. The van der Waals surface area contributed by atoms with E-state index in [2.05, 4.69) is 124 Å². The second-order valence-corrected chi connectivity index (χ2v) is 11.2. The van der Waals surface area contributed by atoms with E-state index in [1.165, 1.54) is 28.8 Å². The van der Waals surface area contributed by atoms with Gasteiger partial charge in [-0.2, -0.15) is 0 Å². The van der Waals surface area contributed by atoms with E-state index in [1.807, 2.05) is 6.20 Å². The van der Waals surface area contributed by atoms with E-state index in [9.17, 15) is 0 Å². The molecule has 2 aromatic rings. The number of aromatic nitrogens is 2. The van der Waals surface area contributed by atoms with Crippen molar-refractivity contribution >= 4 is 0 Å². The summed E-state index contributed by atoms with van der Waals surface area (Å²) in [6, 6.07) is 2.18. The summed E-state index contributed by atoms with van der Waals surface area (Å²) in [6.07, 6.45) is 12.0. The molecule has 0 unspecified atom stereocenters. The lowest BCUT2D eigenvalue weighted by molar-refractivity contribution is 0.702. The number of hydrogen-bond acceptors (Lipinski definition) is 0. The molecule has 3 rings (SSSR count). The highest BCUT2D eigenvalue weighted by Crippen LogP contribution is 2.30. The van der Waals surface area contributed by atoms with Crippen LogP contribution in [0.3, 0.4) is 0 Å². The second kappa shape index (κ2) is 13.7. The van der Waals surface area contributed by atoms with Crippen molar-refractivity contribution in [3.05, 3.63) is 70.3 Å². The van der Waals surface area contributed by atoms with Crippen molar-refractivity contribution in [3.63, 3.8) is 0 Å². The molecule has 186 valence electrons. The number of rotatable bonds is 6. The Morgan fingerprint density at radius 3 is 1.45 bits per heavy atom.